The highest BCUT2D eigenvalue weighted by atomic mass is 19.1. The fourth-order valence-electron chi connectivity index (χ4n) is 2.61. The molecule has 0 radical (unpaired) electrons. The first-order chi connectivity index (χ1) is 15.4. The number of anilines is 1. The molecular weight excluding hydrogens is 411 g/mol. The summed E-state index contributed by atoms with van der Waals surface area (Å²) in [5.41, 5.74) is 10.8. The van der Waals surface area contributed by atoms with E-state index in [4.69, 9.17) is 5.73 Å². The van der Waals surface area contributed by atoms with Crippen molar-refractivity contribution in [3.63, 3.8) is 0 Å². The lowest BCUT2D eigenvalue weighted by molar-refractivity contribution is -0.603. The first-order valence-corrected chi connectivity index (χ1v) is 10.0. The van der Waals surface area contributed by atoms with Crippen molar-refractivity contribution in [3.05, 3.63) is 72.9 Å². The Bertz CT molecular complexity index is 1210. The van der Waals surface area contributed by atoms with Gasteiger partial charge in [-0.15, -0.1) is 0 Å². The van der Waals surface area contributed by atoms with Gasteiger partial charge in [0, 0.05) is 17.0 Å². The van der Waals surface area contributed by atoms with Crippen LogP contribution >= 0.6 is 0 Å². The molecule has 1 aromatic carbocycles. The van der Waals surface area contributed by atoms with E-state index in [1.165, 1.54) is 24.9 Å². The molecule has 3 heterocycles. The summed E-state index contributed by atoms with van der Waals surface area (Å²) >= 11 is 0. The van der Waals surface area contributed by atoms with Gasteiger partial charge in [0.25, 0.3) is 0 Å². The zero-order valence-electron chi connectivity index (χ0n) is 18.5. The molecule has 0 aliphatic carbocycles. The van der Waals surface area contributed by atoms with Crippen LogP contribution in [0.15, 0.2) is 61.8 Å². The minimum absolute atomic E-state index is 0.0528. The van der Waals surface area contributed by atoms with Crippen molar-refractivity contribution < 1.29 is 13.9 Å². The van der Waals surface area contributed by atoms with E-state index in [2.05, 4.69) is 27.3 Å². The van der Waals surface area contributed by atoms with E-state index in [0.717, 1.165) is 11.5 Å². The van der Waals surface area contributed by atoms with Gasteiger partial charge in [-0.1, -0.05) is 52.5 Å². The van der Waals surface area contributed by atoms with Gasteiger partial charge in [0.2, 0.25) is 5.91 Å². The number of primary amides is 1. The van der Waals surface area contributed by atoms with E-state index < -0.39 is 11.7 Å². The maximum atomic E-state index is 14.9. The number of fused-ring (bicyclic) bond motifs is 2. The van der Waals surface area contributed by atoms with Crippen molar-refractivity contribution in [2.45, 2.75) is 27.7 Å². The maximum absolute atomic E-state index is 14.9. The molecule has 3 aromatic heterocycles. The number of aromatic nitrogens is 4. The average Bonchev–Trinajstić information content (AvgIpc) is 2.82. The first-order valence-electron chi connectivity index (χ1n) is 10.0. The maximum Gasteiger partial charge on any atom is 0.240 e. The van der Waals surface area contributed by atoms with Crippen LogP contribution in [0, 0.1) is 11.0 Å². The lowest BCUT2D eigenvalue weighted by atomic mass is 10.0. The van der Waals surface area contributed by atoms with Crippen LogP contribution in [-0.4, -0.2) is 20.9 Å². The van der Waals surface area contributed by atoms with Crippen molar-refractivity contribution in [2.24, 2.45) is 5.73 Å². The van der Waals surface area contributed by atoms with Gasteiger partial charge in [0.1, 0.15) is 23.4 Å². The first kappa shape index (κ1) is 25.9. The minimum atomic E-state index is -0.632. The molecule has 8 nitrogen and oxygen atoms in total. The summed E-state index contributed by atoms with van der Waals surface area (Å²) in [6.07, 6.45) is 6.39. The Kier molecular flexibility index (Phi) is 10.1. The molecule has 0 atom stereocenters. The van der Waals surface area contributed by atoms with Crippen LogP contribution in [0.4, 0.5) is 10.2 Å². The number of nitrogen functional groups attached to an aromatic ring is 1. The quantitative estimate of drug-likeness (QED) is 0.277. The SMILES string of the molecule is C=CC(N)=O.CC.CC.Nc1ncnc2c(F)c(-c3c[n+]([O-])cc4ccccc34)ncc12. The van der Waals surface area contributed by atoms with Gasteiger partial charge in [-0.3, -0.25) is 9.78 Å². The monoisotopic (exact) mass is 438 g/mol. The van der Waals surface area contributed by atoms with Crippen LogP contribution < -0.4 is 16.2 Å². The molecule has 0 aliphatic heterocycles. The number of benzene rings is 1. The number of hydrogen-bond acceptors (Lipinski definition) is 6. The van der Waals surface area contributed by atoms with Gasteiger partial charge in [-0.05, 0) is 12.1 Å². The average molecular weight is 439 g/mol. The Morgan fingerprint density at radius 3 is 2.34 bits per heavy atom. The summed E-state index contributed by atoms with van der Waals surface area (Å²) in [6.45, 7) is 11.1. The number of carbonyl (C=O) groups is 1. The van der Waals surface area contributed by atoms with E-state index in [0.29, 0.717) is 21.1 Å². The number of nitrogens with zero attached hydrogens (tertiary/aromatic N) is 4. The molecule has 0 bridgehead atoms. The fraction of sp³-hybridized carbons (Fsp3) is 0.174. The van der Waals surface area contributed by atoms with E-state index in [9.17, 15) is 14.4 Å². The molecule has 0 fully saturated rings. The second-order valence-corrected chi connectivity index (χ2v) is 5.67. The van der Waals surface area contributed by atoms with Crippen LogP contribution in [0.1, 0.15) is 27.7 Å². The topological polar surface area (TPSA) is 135 Å². The smallest absolute Gasteiger partial charge is 0.240 e. The summed E-state index contributed by atoms with van der Waals surface area (Å²) in [5.74, 6) is -0.956. The molecule has 1 amide bonds. The van der Waals surface area contributed by atoms with Crippen LogP contribution in [-0.2, 0) is 4.79 Å². The molecular formula is C23H27FN6O2. The van der Waals surface area contributed by atoms with Crippen LogP contribution in [0.2, 0.25) is 0 Å². The number of amides is 1. The standard InChI is InChI=1S/C16H10FN5O.C3H5NO.2C2H6/c17-13-14-11(16(18)21-8-20-14)5-19-15(13)12-7-22(23)6-9-3-1-2-4-10(9)12;1-2-3(4)5;2*1-2/h1-8H,(H2,18,20,21);2H,1H2,(H2,4,5);2*1-2H3. The Morgan fingerprint density at radius 2 is 1.72 bits per heavy atom. The van der Waals surface area contributed by atoms with Crippen LogP contribution in [0.3, 0.4) is 0 Å². The molecule has 32 heavy (non-hydrogen) atoms. The molecule has 0 saturated heterocycles. The normalized spacial score (nSPS) is 9.41. The predicted octanol–water partition coefficient (Wildman–Crippen LogP) is 3.91. The molecule has 168 valence electrons. The number of hydrogen-bond donors (Lipinski definition) is 2. The van der Waals surface area contributed by atoms with E-state index in [-0.39, 0.29) is 17.0 Å². The number of rotatable bonds is 2. The van der Waals surface area contributed by atoms with Gasteiger partial charge in [-0.2, -0.15) is 4.73 Å². The molecule has 0 saturated carbocycles. The minimum Gasteiger partial charge on any atom is -0.619 e. The predicted molar refractivity (Wildman–Crippen MR) is 126 cm³/mol. The van der Waals surface area contributed by atoms with Crippen molar-refractivity contribution in [1.29, 1.82) is 0 Å². The number of pyridine rings is 2. The highest BCUT2D eigenvalue weighted by molar-refractivity contribution is 5.97. The molecule has 0 unspecified atom stereocenters. The van der Waals surface area contributed by atoms with Crippen molar-refractivity contribution in [2.75, 3.05) is 5.73 Å². The van der Waals surface area contributed by atoms with E-state index in [1.54, 1.807) is 6.07 Å². The Balaban J connectivity index is 0.000000497. The van der Waals surface area contributed by atoms with Gasteiger partial charge in [0.05, 0.1) is 10.9 Å². The second kappa shape index (κ2) is 12.5. The Labute approximate surface area is 186 Å². The second-order valence-electron chi connectivity index (χ2n) is 5.67. The lowest BCUT2D eigenvalue weighted by Crippen LogP contribution is -2.24. The van der Waals surface area contributed by atoms with E-state index >= 15 is 0 Å². The molecule has 9 heteroatoms. The third kappa shape index (κ3) is 5.94. The van der Waals surface area contributed by atoms with E-state index in [1.807, 2.05) is 45.9 Å². The summed E-state index contributed by atoms with van der Waals surface area (Å²) in [7, 11) is 0. The third-order valence-corrected chi connectivity index (χ3v) is 3.88. The highest BCUT2D eigenvalue weighted by Crippen LogP contribution is 2.30. The summed E-state index contributed by atoms with van der Waals surface area (Å²) in [5, 5.41) is 13.6. The third-order valence-electron chi connectivity index (χ3n) is 3.88. The van der Waals surface area contributed by atoms with Gasteiger partial charge in [-0.25, -0.2) is 14.4 Å². The molecule has 0 spiro atoms. The van der Waals surface area contributed by atoms with Crippen molar-refractivity contribution in [3.8, 4) is 11.3 Å². The zero-order chi connectivity index (χ0) is 24.3. The van der Waals surface area contributed by atoms with Crippen molar-refractivity contribution in [1.82, 2.24) is 15.0 Å². The molecule has 4 aromatic rings. The summed E-state index contributed by atoms with van der Waals surface area (Å²) in [6, 6.07) is 7.22. The number of halogens is 1. The largest absolute Gasteiger partial charge is 0.619 e. The van der Waals surface area contributed by atoms with Crippen LogP contribution in [0.25, 0.3) is 32.9 Å². The number of nitrogens with two attached hydrogens (primary N) is 2. The van der Waals surface area contributed by atoms with Crippen LogP contribution in [0.5, 0.6) is 0 Å². The highest BCUT2D eigenvalue weighted by Gasteiger charge is 2.18. The van der Waals surface area contributed by atoms with Gasteiger partial charge >= 0.3 is 0 Å². The van der Waals surface area contributed by atoms with Gasteiger partial charge < -0.3 is 16.7 Å². The Morgan fingerprint density at radius 1 is 1.09 bits per heavy atom. The van der Waals surface area contributed by atoms with Gasteiger partial charge in [0.15, 0.2) is 18.2 Å². The molecule has 0 aliphatic rings. The molecule has 4 rings (SSSR count). The lowest BCUT2D eigenvalue weighted by Gasteiger charge is -2.09. The summed E-state index contributed by atoms with van der Waals surface area (Å²) in [4.78, 5) is 21.4. The summed E-state index contributed by atoms with van der Waals surface area (Å²) < 4.78 is 15.5. The number of carbonyl (C=O) groups excluding carboxylic acids is 1. The Hall–Kier alpha value is -4.14. The zero-order valence-corrected chi connectivity index (χ0v) is 18.5. The van der Waals surface area contributed by atoms with Crippen molar-refractivity contribution >= 4 is 33.4 Å². The molecule has 4 N–H and O–H groups in total. The fourth-order valence-corrected chi connectivity index (χ4v) is 2.61.